The van der Waals surface area contributed by atoms with Crippen molar-refractivity contribution >= 4 is 17.3 Å². The van der Waals surface area contributed by atoms with Crippen molar-refractivity contribution in [3.63, 3.8) is 0 Å². The van der Waals surface area contributed by atoms with Crippen molar-refractivity contribution in [3.8, 4) is 11.1 Å². The highest BCUT2D eigenvalue weighted by Crippen LogP contribution is 2.24. The number of hydrogen-bond acceptors (Lipinski definition) is 4. The molecular formula is C21H25ClF3N5. The van der Waals surface area contributed by atoms with Crippen LogP contribution in [0, 0.1) is 0 Å². The topological polar surface area (TPSA) is 59.4 Å². The van der Waals surface area contributed by atoms with E-state index in [0.717, 1.165) is 17.2 Å². The van der Waals surface area contributed by atoms with E-state index in [2.05, 4.69) is 10.2 Å². The van der Waals surface area contributed by atoms with Crippen LogP contribution >= 0.6 is 11.6 Å². The Kier molecular flexibility index (Phi) is 8.11. The number of benzene rings is 1. The van der Waals surface area contributed by atoms with Crippen molar-refractivity contribution in [2.45, 2.75) is 25.9 Å². The first-order valence-corrected chi connectivity index (χ1v) is 9.74. The minimum Gasteiger partial charge on any atom is -0.395 e. The zero-order valence-electron chi connectivity index (χ0n) is 17.1. The Balaban J connectivity index is 2.31. The second kappa shape index (κ2) is 10.3. The predicted molar refractivity (Wildman–Crippen MR) is 114 cm³/mol. The molecule has 0 aliphatic rings. The fraction of sp³-hybridized carbons (Fsp3) is 0.333. The molecule has 0 saturated carbocycles. The van der Waals surface area contributed by atoms with Gasteiger partial charge in [0.2, 0.25) is 0 Å². The molecule has 0 atom stereocenters. The number of allylic oxidation sites excluding steroid dienone is 2. The van der Waals surface area contributed by atoms with E-state index < -0.39 is 12.6 Å². The molecule has 2 rings (SSSR count). The van der Waals surface area contributed by atoms with E-state index in [0.29, 0.717) is 34.7 Å². The van der Waals surface area contributed by atoms with Gasteiger partial charge in [-0.05, 0) is 29.7 Å². The van der Waals surface area contributed by atoms with E-state index in [1.165, 1.54) is 6.08 Å². The second-order valence-electron chi connectivity index (χ2n) is 6.75. The highest BCUT2D eigenvalue weighted by Gasteiger charge is 2.24. The van der Waals surface area contributed by atoms with Gasteiger partial charge < -0.3 is 5.73 Å². The first-order valence-electron chi connectivity index (χ1n) is 9.36. The van der Waals surface area contributed by atoms with Crippen LogP contribution in [-0.2, 0) is 7.05 Å². The van der Waals surface area contributed by atoms with Gasteiger partial charge in [0.1, 0.15) is 0 Å². The summed E-state index contributed by atoms with van der Waals surface area (Å²) in [5.74, 6) is 0. The first-order chi connectivity index (χ1) is 14.1. The lowest BCUT2D eigenvalue weighted by atomic mass is 10.1. The number of aryl methyl sites for hydroxylation is 1. The van der Waals surface area contributed by atoms with Gasteiger partial charge in [-0.25, -0.2) is 4.68 Å². The van der Waals surface area contributed by atoms with E-state index in [4.69, 9.17) is 17.3 Å². The van der Waals surface area contributed by atoms with Gasteiger partial charge in [-0.15, -0.1) is 0 Å². The molecular weight excluding hydrogens is 415 g/mol. The van der Waals surface area contributed by atoms with Crippen LogP contribution in [0.2, 0.25) is 5.02 Å². The van der Waals surface area contributed by atoms with Crippen molar-refractivity contribution in [1.29, 1.82) is 0 Å². The van der Waals surface area contributed by atoms with Crippen LogP contribution in [0.4, 0.5) is 18.9 Å². The molecule has 1 heterocycles. The summed E-state index contributed by atoms with van der Waals surface area (Å²) in [6.45, 7) is 2.25. The summed E-state index contributed by atoms with van der Waals surface area (Å²) in [6, 6.07) is 7.22. The molecule has 0 amide bonds. The predicted octanol–water partition coefficient (Wildman–Crippen LogP) is 4.92. The monoisotopic (exact) mass is 439 g/mol. The number of nitrogens with two attached hydrogens (primary N) is 1. The van der Waals surface area contributed by atoms with Crippen molar-refractivity contribution in [1.82, 2.24) is 14.8 Å². The molecule has 0 aliphatic heterocycles. The molecule has 2 N–H and O–H groups in total. The number of halogens is 4. The molecule has 0 aliphatic carbocycles. The molecule has 0 bridgehead atoms. The Morgan fingerprint density at radius 3 is 2.57 bits per heavy atom. The SMILES string of the molecule is CC/C=C(\C=C/CC(F)(F)F)CN(C)/N=c1/c(N)c(-c2ccc(Cl)cc2)cnn1C. The van der Waals surface area contributed by atoms with Crippen LogP contribution in [0.3, 0.4) is 0 Å². The number of alkyl halides is 3. The van der Waals surface area contributed by atoms with E-state index in [1.54, 1.807) is 42.1 Å². The molecule has 9 heteroatoms. The van der Waals surface area contributed by atoms with Crippen molar-refractivity contribution < 1.29 is 13.2 Å². The van der Waals surface area contributed by atoms with Crippen LogP contribution in [0.15, 0.2) is 59.4 Å². The number of aromatic nitrogens is 2. The van der Waals surface area contributed by atoms with Gasteiger partial charge in [-0.2, -0.15) is 23.4 Å². The summed E-state index contributed by atoms with van der Waals surface area (Å²) < 4.78 is 38.7. The number of nitrogen functional groups attached to an aromatic ring is 1. The van der Waals surface area contributed by atoms with Gasteiger partial charge in [-0.1, -0.05) is 48.9 Å². The number of rotatable bonds is 7. The van der Waals surface area contributed by atoms with Crippen molar-refractivity contribution in [3.05, 3.63) is 64.8 Å². The molecule has 1 aromatic heterocycles. The number of anilines is 1. The van der Waals surface area contributed by atoms with Gasteiger partial charge in [0, 0.05) is 24.7 Å². The molecule has 1 aromatic carbocycles. The summed E-state index contributed by atoms with van der Waals surface area (Å²) in [6.07, 6.45) is 1.62. The Morgan fingerprint density at radius 2 is 1.97 bits per heavy atom. The fourth-order valence-electron chi connectivity index (χ4n) is 2.79. The zero-order valence-corrected chi connectivity index (χ0v) is 17.9. The minimum atomic E-state index is -4.22. The summed E-state index contributed by atoms with van der Waals surface area (Å²) in [5.41, 5.74) is 9.54. The first kappa shape index (κ1) is 23.5. The van der Waals surface area contributed by atoms with Crippen LogP contribution < -0.4 is 11.2 Å². The highest BCUT2D eigenvalue weighted by molar-refractivity contribution is 6.30. The van der Waals surface area contributed by atoms with Crippen molar-refractivity contribution in [2.75, 3.05) is 19.3 Å². The maximum absolute atomic E-state index is 12.4. The quantitative estimate of drug-likeness (QED) is 0.492. The zero-order chi connectivity index (χ0) is 22.3. The molecule has 30 heavy (non-hydrogen) atoms. The lowest BCUT2D eigenvalue weighted by Crippen LogP contribution is -2.29. The smallest absolute Gasteiger partial charge is 0.392 e. The number of nitrogens with zero attached hydrogens (tertiary/aromatic N) is 4. The Bertz CT molecular complexity index is 976. The lowest BCUT2D eigenvalue weighted by Gasteiger charge is -2.16. The second-order valence-corrected chi connectivity index (χ2v) is 7.19. The molecule has 0 fully saturated rings. The average molecular weight is 440 g/mol. The number of likely N-dealkylation sites (N-methyl/N-ethyl adjacent to an activating group) is 1. The van der Waals surface area contributed by atoms with Crippen LogP contribution in [-0.4, -0.2) is 34.6 Å². The average Bonchev–Trinajstić information content (AvgIpc) is 2.65. The van der Waals surface area contributed by atoms with E-state index in [-0.39, 0.29) is 0 Å². The fourth-order valence-corrected chi connectivity index (χ4v) is 2.92. The standard InChI is InChI=1S/C21H25ClF3N5/c1-4-6-15(7-5-12-21(23,24)25)14-29(2)28-20-19(26)18(13-27-30(20)3)16-8-10-17(22)11-9-16/h5-11,13H,4,12,14,26H2,1-3H3/b7-5-,15-6+,28-20-. The van der Waals surface area contributed by atoms with E-state index >= 15 is 0 Å². The lowest BCUT2D eigenvalue weighted by molar-refractivity contribution is -0.125. The van der Waals surface area contributed by atoms with E-state index in [1.807, 2.05) is 25.1 Å². The third-order valence-electron chi connectivity index (χ3n) is 4.18. The van der Waals surface area contributed by atoms with Gasteiger partial charge in [-0.3, -0.25) is 5.01 Å². The van der Waals surface area contributed by atoms with Gasteiger partial charge in [0.25, 0.3) is 0 Å². The highest BCUT2D eigenvalue weighted by atomic mass is 35.5. The summed E-state index contributed by atoms with van der Waals surface area (Å²) in [5, 5.41) is 11.1. The largest absolute Gasteiger partial charge is 0.395 e. The normalized spacial score (nSPS) is 13.3. The Morgan fingerprint density at radius 1 is 1.30 bits per heavy atom. The molecule has 5 nitrogen and oxygen atoms in total. The Hall–Kier alpha value is -2.74. The van der Waals surface area contributed by atoms with E-state index in [9.17, 15) is 13.2 Å². The number of hydrogen-bond donors (Lipinski definition) is 1. The van der Waals surface area contributed by atoms with Crippen LogP contribution in [0.1, 0.15) is 19.8 Å². The van der Waals surface area contributed by atoms with Crippen molar-refractivity contribution in [2.24, 2.45) is 12.1 Å². The van der Waals surface area contributed by atoms with Gasteiger partial charge >= 0.3 is 6.18 Å². The molecule has 162 valence electrons. The van der Waals surface area contributed by atoms with Crippen LogP contribution in [0.5, 0.6) is 0 Å². The van der Waals surface area contributed by atoms with Gasteiger partial charge in [0.15, 0.2) is 5.49 Å². The maximum atomic E-state index is 12.4. The Labute approximate surface area is 179 Å². The summed E-state index contributed by atoms with van der Waals surface area (Å²) in [7, 11) is 3.45. The third kappa shape index (κ3) is 6.95. The summed E-state index contributed by atoms with van der Waals surface area (Å²) >= 11 is 5.95. The molecule has 0 unspecified atom stereocenters. The summed E-state index contributed by atoms with van der Waals surface area (Å²) in [4.78, 5) is 0. The minimum absolute atomic E-state index is 0.326. The molecule has 0 saturated heterocycles. The van der Waals surface area contributed by atoms with Gasteiger partial charge in [0.05, 0.1) is 24.8 Å². The molecule has 0 radical (unpaired) electrons. The molecule has 0 spiro atoms. The molecule has 2 aromatic rings. The third-order valence-corrected chi connectivity index (χ3v) is 4.43. The van der Waals surface area contributed by atoms with Crippen LogP contribution in [0.25, 0.3) is 11.1 Å². The maximum Gasteiger partial charge on any atom is 0.392 e.